The van der Waals surface area contributed by atoms with Crippen molar-refractivity contribution in [1.82, 2.24) is 5.32 Å². The molecule has 114 valence electrons. The molecule has 0 radical (unpaired) electrons. The number of rotatable bonds is 6. The van der Waals surface area contributed by atoms with Crippen molar-refractivity contribution in [2.75, 3.05) is 5.75 Å². The zero-order valence-corrected chi connectivity index (χ0v) is 13.8. The highest BCUT2D eigenvalue weighted by Gasteiger charge is 2.51. The maximum atomic E-state index is 12.5. The highest BCUT2D eigenvalue weighted by molar-refractivity contribution is 8.00. The molecule has 4 aliphatic carbocycles. The average molecular weight is 295 g/mol. The molecule has 3 heteroatoms. The molecule has 4 fully saturated rings. The molecule has 0 saturated heterocycles. The van der Waals surface area contributed by atoms with Gasteiger partial charge in [-0.15, -0.1) is 11.8 Å². The van der Waals surface area contributed by atoms with Gasteiger partial charge in [-0.1, -0.05) is 13.3 Å². The van der Waals surface area contributed by atoms with Gasteiger partial charge in [-0.3, -0.25) is 4.79 Å². The fourth-order valence-corrected chi connectivity index (χ4v) is 6.13. The molecule has 1 atom stereocenters. The van der Waals surface area contributed by atoms with Crippen LogP contribution in [0.2, 0.25) is 0 Å². The highest BCUT2D eigenvalue weighted by Crippen LogP contribution is 2.55. The molecular formula is C17H29NOS. The number of hydrogen-bond donors (Lipinski definition) is 1. The van der Waals surface area contributed by atoms with Gasteiger partial charge >= 0.3 is 0 Å². The number of nitrogens with one attached hydrogen (secondary N) is 1. The highest BCUT2D eigenvalue weighted by atomic mass is 32.2. The lowest BCUT2D eigenvalue weighted by Crippen LogP contribution is -2.60. The standard InChI is InChI=1S/C17H29NOS/c1-3-4-5-20-12(2)16(19)18-17-9-13-6-14(10-17)8-15(7-13)11-17/h12-15H,3-11H2,1-2H3,(H,18,19). The third-order valence-electron chi connectivity index (χ3n) is 5.66. The van der Waals surface area contributed by atoms with Crippen LogP contribution < -0.4 is 5.32 Å². The summed E-state index contributed by atoms with van der Waals surface area (Å²) in [6.45, 7) is 4.29. The third-order valence-corrected chi connectivity index (χ3v) is 6.90. The molecule has 1 N–H and O–H groups in total. The van der Waals surface area contributed by atoms with Crippen molar-refractivity contribution >= 4 is 17.7 Å². The molecular weight excluding hydrogens is 266 g/mol. The molecule has 0 aromatic heterocycles. The smallest absolute Gasteiger partial charge is 0.233 e. The number of hydrogen-bond acceptors (Lipinski definition) is 2. The van der Waals surface area contributed by atoms with Crippen LogP contribution in [0.5, 0.6) is 0 Å². The molecule has 4 rings (SSSR count). The first-order valence-corrected chi connectivity index (χ1v) is 9.59. The second kappa shape index (κ2) is 5.90. The fraction of sp³-hybridized carbons (Fsp3) is 0.941. The fourth-order valence-electron chi connectivity index (χ4n) is 5.11. The van der Waals surface area contributed by atoms with E-state index in [0.29, 0.717) is 5.91 Å². The molecule has 4 bridgehead atoms. The molecule has 0 heterocycles. The van der Waals surface area contributed by atoms with E-state index in [1.54, 1.807) is 0 Å². The lowest BCUT2D eigenvalue weighted by Gasteiger charge is -2.57. The minimum atomic E-state index is 0.120. The predicted molar refractivity (Wildman–Crippen MR) is 85.9 cm³/mol. The van der Waals surface area contributed by atoms with Gasteiger partial charge in [-0.2, -0.15) is 0 Å². The van der Waals surface area contributed by atoms with E-state index in [-0.39, 0.29) is 10.8 Å². The van der Waals surface area contributed by atoms with E-state index in [1.807, 2.05) is 11.8 Å². The molecule has 0 aliphatic heterocycles. The second-order valence-corrected chi connectivity index (χ2v) is 9.00. The summed E-state index contributed by atoms with van der Waals surface area (Å²) in [4.78, 5) is 12.5. The minimum absolute atomic E-state index is 0.120. The first-order chi connectivity index (χ1) is 9.60. The molecule has 0 aromatic rings. The molecule has 4 saturated carbocycles. The van der Waals surface area contributed by atoms with Crippen molar-refractivity contribution in [3.05, 3.63) is 0 Å². The van der Waals surface area contributed by atoms with Crippen LogP contribution >= 0.6 is 11.8 Å². The summed E-state index contributed by atoms with van der Waals surface area (Å²) in [6.07, 6.45) is 10.5. The Morgan fingerprint density at radius 2 is 1.75 bits per heavy atom. The Hall–Kier alpha value is -0.180. The van der Waals surface area contributed by atoms with Crippen molar-refractivity contribution in [3.63, 3.8) is 0 Å². The predicted octanol–water partition coefficient (Wildman–Crippen LogP) is 3.99. The van der Waals surface area contributed by atoms with E-state index in [0.717, 1.165) is 23.5 Å². The van der Waals surface area contributed by atoms with Gasteiger partial charge in [0.2, 0.25) is 5.91 Å². The van der Waals surface area contributed by atoms with Crippen molar-refractivity contribution in [2.45, 2.75) is 76.0 Å². The van der Waals surface area contributed by atoms with Gasteiger partial charge in [0.05, 0.1) is 5.25 Å². The van der Waals surface area contributed by atoms with Gasteiger partial charge in [0.15, 0.2) is 0 Å². The Morgan fingerprint density at radius 3 is 2.25 bits per heavy atom. The Kier molecular flexibility index (Phi) is 4.35. The van der Waals surface area contributed by atoms with Crippen LogP contribution in [0.3, 0.4) is 0 Å². The zero-order valence-electron chi connectivity index (χ0n) is 13.0. The number of amides is 1. The van der Waals surface area contributed by atoms with E-state index in [1.165, 1.54) is 51.4 Å². The van der Waals surface area contributed by atoms with Crippen molar-refractivity contribution in [3.8, 4) is 0 Å². The van der Waals surface area contributed by atoms with Gasteiger partial charge in [0, 0.05) is 5.54 Å². The lowest BCUT2D eigenvalue weighted by atomic mass is 9.53. The van der Waals surface area contributed by atoms with E-state index in [4.69, 9.17) is 0 Å². The van der Waals surface area contributed by atoms with Gasteiger partial charge in [-0.05, 0) is 75.4 Å². The van der Waals surface area contributed by atoms with Crippen LogP contribution in [0.4, 0.5) is 0 Å². The van der Waals surface area contributed by atoms with Crippen LogP contribution in [0.15, 0.2) is 0 Å². The molecule has 1 amide bonds. The SMILES string of the molecule is CCCCSC(C)C(=O)NC12CC3CC(CC(C3)C1)C2. The van der Waals surface area contributed by atoms with Crippen LogP contribution in [0.1, 0.15) is 65.2 Å². The quantitative estimate of drug-likeness (QED) is 0.751. The Labute approximate surface area is 127 Å². The summed E-state index contributed by atoms with van der Waals surface area (Å²) >= 11 is 1.83. The first-order valence-electron chi connectivity index (χ1n) is 8.54. The van der Waals surface area contributed by atoms with Crippen molar-refractivity contribution < 1.29 is 4.79 Å². The minimum Gasteiger partial charge on any atom is -0.350 e. The van der Waals surface area contributed by atoms with Crippen molar-refractivity contribution in [1.29, 1.82) is 0 Å². The third kappa shape index (κ3) is 3.03. The summed E-state index contributed by atoms with van der Waals surface area (Å²) in [5.41, 5.74) is 0.186. The summed E-state index contributed by atoms with van der Waals surface area (Å²) in [6, 6.07) is 0. The average Bonchev–Trinajstić information content (AvgIpc) is 2.36. The van der Waals surface area contributed by atoms with E-state index < -0.39 is 0 Å². The summed E-state index contributed by atoms with van der Waals surface area (Å²) in [5.74, 6) is 4.14. The van der Waals surface area contributed by atoms with Crippen LogP contribution in [0.25, 0.3) is 0 Å². The zero-order chi connectivity index (χ0) is 14.2. The first kappa shape index (κ1) is 14.7. The van der Waals surface area contributed by atoms with Crippen LogP contribution in [-0.4, -0.2) is 22.4 Å². The van der Waals surface area contributed by atoms with E-state index >= 15 is 0 Å². The van der Waals surface area contributed by atoms with Crippen LogP contribution in [-0.2, 0) is 4.79 Å². The molecule has 0 aromatic carbocycles. The number of unbranched alkanes of at least 4 members (excludes halogenated alkanes) is 1. The normalized spacial score (nSPS) is 39.8. The largest absolute Gasteiger partial charge is 0.350 e. The Balaban J connectivity index is 1.55. The van der Waals surface area contributed by atoms with E-state index in [9.17, 15) is 4.79 Å². The lowest BCUT2D eigenvalue weighted by molar-refractivity contribution is -0.126. The number of carbonyl (C=O) groups is 1. The Bertz CT molecular complexity index is 333. The molecule has 2 nitrogen and oxygen atoms in total. The summed E-state index contributed by atoms with van der Waals surface area (Å²) < 4.78 is 0. The molecule has 1 unspecified atom stereocenters. The molecule has 0 spiro atoms. The maximum absolute atomic E-state index is 12.5. The summed E-state index contributed by atoms with van der Waals surface area (Å²) in [7, 11) is 0. The summed E-state index contributed by atoms with van der Waals surface area (Å²) in [5, 5.41) is 3.61. The Morgan fingerprint density at radius 1 is 1.20 bits per heavy atom. The number of thioether (sulfide) groups is 1. The van der Waals surface area contributed by atoms with Gasteiger partial charge in [-0.25, -0.2) is 0 Å². The molecule has 4 aliphatic rings. The molecule has 20 heavy (non-hydrogen) atoms. The maximum Gasteiger partial charge on any atom is 0.233 e. The number of carbonyl (C=O) groups excluding carboxylic acids is 1. The second-order valence-electron chi connectivity index (χ2n) is 7.55. The van der Waals surface area contributed by atoms with Gasteiger partial charge in [0.25, 0.3) is 0 Å². The monoisotopic (exact) mass is 295 g/mol. The van der Waals surface area contributed by atoms with Crippen LogP contribution in [0, 0.1) is 17.8 Å². The van der Waals surface area contributed by atoms with E-state index in [2.05, 4.69) is 19.2 Å². The van der Waals surface area contributed by atoms with Gasteiger partial charge in [0.1, 0.15) is 0 Å². The topological polar surface area (TPSA) is 29.1 Å². The van der Waals surface area contributed by atoms with Crippen molar-refractivity contribution in [2.24, 2.45) is 17.8 Å². The van der Waals surface area contributed by atoms with Gasteiger partial charge < -0.3 is 5.32 Å².